The molecule has 0 saturated carbocycles. The molecule has 1 amide bonds. The fraction of sp³-hybridized carbons (Fsp3) is 0.375. The molecule has 142 valence electrons. The normalized spacial score (nSPS) is 11.6. The number of hydrogen-bond acceptors (Lipinski definition) is 6. The standard InChI is InChI=1S/C16H21N3O5S2/c1-5-19(6-2)26(22,23)11-9-12(18(3)10-11)15(20)17-14-8-7-13(25-14)16(21)24-4/h7-10H,5-6H2,1-4H3,(H,17,20). The number of nitrogens with one attached hydrogen (secondary N) is 1. The lowest BCUT2D eigenvalue weighted by molar-refractivity contribution is 0.0606. The minimum atomic E-state index is -3.65. The number of rotatable bonds is 7. The number of amides is 1. The van der Waals surface area contributed by atoms with Gasteiger partial charge in [-0.05, 0) is 18.2 Å². The van der Waals surface area contributed by atoms with E-state index in [4.69, 9.17) is 0 Å². The van der Waals surface area contributed by atoms with Gasteiger partial charge in [-0.3, -0.25) is 4.79 Å². The van der Waals surface area contributed by atoms with E-state index in [1.807, 2.05) is 0 Å². The van der Waals surface area contributed by atoms with Gasteiger partial charge in [-0.15, -0.1) is 11.3 Å². The summed E-state index contributed by atoms with van der Waals surface area (Å²) in [7, 11) is -0.764. The first-order valence-corrected chi connectivity index (χ1v) is 10.2. The number of nitrogens with zero attached hydrogens (tertiary/aromatic N) is 2. The summed E-state index contributed by atoms with van der Waals surface area (Å²) in [6, 6.07) is 4.48. The number of carbonyl (C=O) groups is 2. The number of hydrogen-bond donors (Lipinski definition) is 1. The molecule has 2 aromatic rings. The molecule has 1 N–H and O–H groups in total. The molecule has 0 aliphatic rings. The van der Waals surface area contributed by atoms with E-state index < -0.39 is 21.9 Å². The van der Waals surface area contributed by atoms with Gasteiger partial charge in [0.25, 0.3) is 5.91 Å². The average Bonchev–Trinajstić information content (AvgIpc) is 3.22. The predicted molar refractivity (Wildman–Crippen MR) is 99.1 cm³/mol. The highest BCUT2D eigenvalue weighted by Crippen LogP contribution is 2.24. The van der Waals surface area contributed by atoms with Gasteiger partial charge in [0.2, 0.25) is 10.0 Å². The molecule has 26 heavy (non-hydrogen) atoms. The Labute approximate surface area is 156 Å². The lowest BCUT2D eigenvalue weighted by atomic mass is 10.4. The van der Waals surface area contributed by atoms with E-state index in [2.05, 4.69) is 10.1 Å². The molecule has 0 aliphatic heterocycles. The van der Waals surface area contributed by atoms with Crippen molar-refractivity contribution in [1.82, 2.24) is 8.87 Å². The van der Waals surface area contributed by atoms with Crippen LogP contribution in [0.1, 0.15) is 34.0 Å². The summed E-state index contributed by atoms with van der Waals surface area (Å²) in [5.74, 6) is -0.950. The van der Waals surface area contributed by atoms with Crippen molar-refractivity contribution in [2.45, 2.75) is 18.7 Å². The zero-order chi connectivity index (χ0) is 19.5. The van der Waals surface area contributed by atoms with Crippen molar-refractivity contribution >= 4 is 38.2 Å². The lowest BCUT2D eigenvalue weighted by Gasteiger charge is -2.17. The highest BCUT2D eigenvalue weighted by Gasteiger charge is 2.25. The summed E-state index contributed by atoms with van der Waals surface area (Å²) < 4.78 is 32.6. The second-order valence-electron chi connectivity index (χ2n) is 5.37. The van der Waals surface area contributed by atoms with Crippen LogP contribution in [0.5, 0.6) is 0 Å². The monoisotopic (exact) mass is 399 g/mol. The molecule has 2 rings (SSSR count). The van der Waals surface area contributed by atoms with Crippen molar-refractivity contribution in [3.8, 4) is 0 Å². The molecule has 0 spiro atoms. The largest absolute Gasteiger partial charge is 0.465 e. The molecule has 0 radical (unpaired) electrons. The molecule has 2 aromatic heterocycles. The first kappa shape index (κ1) is 20.1. The third-order valence-electron chi connectivity index (χ3n) is 3.78. The minimum Gasteiger partial charge on any atom is -0.465 e. The fourth-order valence-corrected chi connectivity index (χ4v) is 4.75. The van der Waals surface area contributed by atoms with Gasteiger partial charge in [0, 0.05) is 26.3 Å². The topological polar surface area (TPSA) is 97.7 Å². The van der Waals surface area contributed by atoms with Crippen molar-refractivity contribution in [3.63, 3.8) is 0 Å². The van der Waals surface area contributed by atoms with Crippen molar-refractivity contribution < 1.29 is 22.7 Å². The highest BCUT2D eigenvalue weighted by atomic mass is 32.2. The van der Waals surface area contributed by atoms with E-state index in [1.54, 1.807) is 33.0 Å². The summed E-state index contributed by atoms with van der Waals surface area (Å²) >= 11 is 1.08. The maximum absolute atomic E-state index is 12.6. The van der Waals surface area contributed by atoms with Crippen molar-refractivity contribution in [1.29, 1.82) is 0 Å². The van der Waals surface area contributed by atoms with Crippen LogP contribution in [-0.2, 0) is 21.8 Å². The summed E-state index contributed by atoms with van der Waals surface area (Å²) in [6.45, 7) is 4.21. The molecule has 0 atom stereocenters. The van der Waals surface area contributed by atoms with Gasteiger partial charge in [0.05, 0.1) is 12.1 Å². The number of esters is 1. The zero-order valence-electron chi connectivity index (χ0n) is 15.0. The van der Waals surface area contributed by atoms with Crippen molar-refractivity contribution in [2.75, 3.05) is 25.5 Å². The zero-order valence-corrected chi connectivity index (χ0v) is 16.6. The second kappa shape index (κ2) is 8.02. The Hall–Kier alpha value is -2.17. The van der Waals surface area contributed by atoms with E-state index in [1.165, 1.54) is 28.2 Å². The summed E-state index contributed by atoms with van der Waals surface area (Å²) in [5.41, 5.74) is 0.198. The van der Waals surface area contributed by atoms with Crippen LogP contribution in [-0.4, -0.2) is 49.4 Å². The first-order chi connectivity index (χ1) is 12.2. The van der Waals surface area contributed by atoms with E-state index in [9.17, 15) is 18.0 Å². The number of methoxy groups -OCH3 is 1. The van der Waals surface area contributed by atoms with Crippen LogP contribution in [0.25, 0.3) is 0 Å². The van der Waals surface area contributed by atoms with Gasteiger partial charge in [0.15, 0.2) is 0 Å². The molecule has 2 heterocycles. The quantitative estimate of drug-likeness (QED) is 0.720. The number of aryl methyl sites for hydroxylation is 1. The maximum atomic E-state index is 12.6. The number of anilines is 1. The molecule has 10 heteroatoms. The maximum Gasteiger partial charge on any atom is 0.348 e. The van der Waals surface area contributed by atoms with E-state index in [-0.39, 0.29) is 10.6 Å². The molecule has 0 aliphatic carbocycles. The molecule has 0 saturated heterocycles. The van der Waals surface area contributed by atoms with Gasteiger partial charge < -0.3 is 14.6 Å². The van der Waals surface area contributed by atoms with Crippen LogP contribution in [0.3, 0.4) is 0 Å². The van der Waals surface area contributed by atoms with Crippen LogP contribution in [0.15, 0.2) is 29.3 Å². The van der Waals surface area contributed by atoms with Crippen molar-refractivity contribution in [2.24, 2.45) is 7.05 Å². The van der Waals surface area contributed by atoms with Gasteiger partial charge >= 0.3 is 5.97 Å². The van der Waals surface area contributed by atoms with Crippen LogP contribution in [0.2, 0.25) is 0 Å². The second-order valence-corrected chi connectivity index (χ2v) is 8.39. The van der Waals surface area contributed by atoms with E-state index in [0.717, 1.165) is 11.3 Å². The lowest BCUT2D eigenvalue weighted by Crippen LogP contribution is -2.30. The van der Waals surface area contributed by atoms with Gasteiger partial charge in [-0.2, -0.15) is 4.31 Å². The Balaban J connectivity index is 2.24. The van der Waals surface area contributed by atoms with E-state index in [0.29, 0.717) is 23.0 Å². The molecular formula is C16H21N3O5S2. The van der Waals surface area contributed by atoms with Crippen molar-refractivity contribution in [3.05, 3.63) is 35.0 Å². The van der Waals surface area contributed by atoms with E-state index >= 15 is 0 Å². The minimum absolute atomic E-state index is 0.0651. The smallest absolute Gasteiger partial charge is 0.348 e. The Morgan fingerprint density at radius 1 is 1.27 bits per heavy atom. The molecule has 0 fully saturated rings. The first-order valence-electron chi connectivity index (χ1n) is 7.90. The van der Waals surface area contributed by atoms with Gasteiger partial charge in [0.1, 0.15) is 15.5 Å². The Bertz CT molecular complexity index is 910. The molecule has 0 bridgehead atoms. The highest BCUT2D eigenvalue weighted by molar-refractivity contribution is 7.89. The Morgan fingerprint density at radius 2 is 1.92 bits per heavy atom. The number of thiophene rings is 1. The van der Waals surface area contributed by atoms with Gasteiger partial charge in [-0.1, -0.05) is 13.8 Å². The molecular weight excluding hydrogens is 378 g/mol. The molecule has 0 unspecified atom stereocenters. The third kappa shape index (κ3) is 3.97. The SMILES string of the molecule is CCN(CC)S(=O)(=O)c1cc(C(=O)Nc2ccc(C(=O)OC)s2)n(C)c1. The molecule has 0 aromatic carbocycles. The Morgan fingerprint density at radius 3 is 2.50 bits per heavy atom. The summed E-state index contributed by atoms with van der Waals surface area (Å²) in [5, 5.41) is 3.13. The average molecular weight is 399 g/mol. The van der Waals surface area contributed by atoms with Crippen LogP contribution >= 0.6 is 11.3 Å². The van der Waals surface area contributed by atoms with Crippen LogP contribution < -0.4 is 5.32 Å². The van der Waals surface area contributed by atoms with Crippen LogP contribution in [0.4, 0.5) is 5.00 Å². The fourth-order valence-electron chi connectivity index (χ4n) is 2.40. The predicted octanol–water partition coefficient (Wildman–Crippen LogP) is 2.16. The number of aromatic nitrogens is 1. The third-order valence-corrected chi connectivity index (χ3v) is 6.78. The number of ether oxygens (including phenoxy) is 1. The summed E-state index contributed by atoms with van der Waals surface area (Å²) in [4.78, 5) is 24.4. The molecule has 8 nitrogen and oxygen atoms in total. The van der Waals surface area contributed by atoms with Crippen LogP contribution in [0, 0.1) is 0 Å². The van der Waals surface area contributed by atoms with Gasteiger partial charge in [-0.25, -0.2) is 13.2 Å². The Kier molecular flexibility index (Phi) is 6.21. The number of carbonyl (C=O) groups excluding carboxylic acids is 2. The summed E-state index contributed by atoms with van der Waals surface area (Å²) in [6.07, 6.45) is 1.41. The number of sulfonamides is 1.